The van der Waals surface area contributed by atoms with E-state index in [1.165, 1.54) is 25.3 Å². The Morgan fingerprint density at radius 3 is 2.71 bits per heavy atom. The van der Waals surface area contributed by atoms with Gasteiger partial charge in [-0.25, -0.2) is 4.79 Å². The number of rotatable bonds is 2. The zero-order chi connectivity index (χ0) is 10.7. The van der Waals surface area contributed by atoms with Crippen LogP contribution in [0.1, 0.15) is 15.9 Å². The normalized spacial score (nSPS) is 9.50. The van der Waals surface area contributed by atoms with Crippen LogP contribution in [0.15, 0.2) is 18.2 Å². The van der Waals surface area contributed by atoms with Crippen molar-refractivity contribution in [2.24, 2.45) is 5.73 Å². The van der Waals surface area contributed by atoms with Gasteiger partial charge in [-0.15, -0.1) is 0 Å². The van der Waals surface area contributed by atoms with Crippen LogP contribution in [-0.4, -0.2) is 23.2 Å². The Bertz CT molecular complexity index is 390. The molecule has 14 heavy (non-hydrogen) atoms. The van der Waals surface area contributed by atoms with Gasteiger partial charge in [0.25, 0.3) is 0 Å². The van der Waals surface area contributed by atoms with Crippen molar-refractivity contribution in [2.75, 3.05) is 7.11 Å². The molecule has 0 spiro atoms. The van der Waals surface area contributed by atoms with Crippen LogP contribution in [0, 0.1) is 0 Å². The number of thiocarbonyl (C=S) groups is 1. The van der Waals surface area contributed by atoms with Crippen molar-refractivity contribution in [3.63, 3.8) is 0 Å². The molecular weight excluding hydrogens is 202 g/mol. The van der Waals surface area contributed by atoms with Crippen molar-refractivity contribution in [3.05, 3.63) is 29.3 Å². The monoisotopic (exact) mass is 211 g/mol. The molecule has 0 fully saturated rings. The fourth-order valence-corrected chi connectivity index (χ4v) is 1.09. The van der Waals surface area contributed by atoms with E-state index >= 15 is 0 Å². The fraction of sp³-hybridized carbons (Fsp3) is 0.111. The van der Waals surface area contributed by atoms with E-state index in [0.29, 0.717) is 5.56 Å². The molecule has 0 aromatic heterocycles. The summed E-state index contributed by atoms with van der Waals surface area (Å²) in [5.41, 5.74) is 5.94. The molecule has 0 bridgehead atoms. The van der Waals surface area contributed by atoms with Crippen LogP contribution in [0.3, 0.4) is 0 Å². The van der Waals surface area contributed by atoms with Gasteiger partial charge in [0.1, 0.15) is 16.3 Å². The Morgan fingerprint density at radius 1 is 1.57 bits per heavy atom. The van der Waals surface area contributed by atoms with E-state index < -0.39 is 5.97 Å². The molecule has 0 aliphatic carbocycles. The van der Waals surface area contributed by atoms with Gasteiger partial charge in [0.05, 0.1) is 7.11 Å². The van der Waals surface area contributed by atoms with Crippen LogP contribution in [0.25, 0.3) is 0 Å². The molecule has 74 valence electrons. The third-order valence-corrected chi connectivity index (χ3v) is 1.92. The summed E-state index contributed by atoms with van der Waals surface area (Å²) in [6.07, 6.45) is 0. The van der Waals surface area contributed by atoms with E-state index in [0.717, 1.165) is 0 Å². The van der Waals surface area contributed by atoms with Gasteiger partial charge in [-0.05, 0) is 18.2 Å². The molecule has 3 N–H and O–H groups in total. The summed E-state index contributed by atoms with van der Waals surface area (Å²) in [5.74, 6) is -0.780. The number of benzene rings is 1. The zero-order valence-corrected chi connectivity index (χ0v) is 8.30. The highest BCUT2D eigenvalue weighted by Gasteiger charge is 2.12. The first-order chi connectivity index (χ1) is 6.56. The summed E-state index contributed by atoms with van der Waals surface area (Å²) in [5, 5.41) is 9.33. The van der Waals surface area contributed by atoms with Crippen molar-refractivity contribution in [1.29, 1.82) is 0 Å². The molecule has 5 heteroatoms. The van der Waals surface area contributed by atoms with E-state index in [2.05, 4.69) is 4.74 Å². The highest BCUT2D eigenvalue weighted by molar-refractivity contribution is 7.80. The Kier molecular flexibility index (Phi) is 3.03. The zero-order valence-electron chi connectivity index (χ0n) is 7.48. The van der Waals surface area contributed by atoms with E-state index in [9.17, 15) is 9.90 Å². The maximum absolute atomic E-state index is 11.1. The number of hydrogen-bond donors (Lipinski definition) is 2. The van der Waals surface area contributed by atoms with E-state index in [1.807, 2.05) is 0 Å². The van der Waals surface area contributed by atoms with Gasteiger partial charge in [-0.2, -0.15) is 0 Å². The lowest BCUT2D eigenvalue weighted by atomic mass is 10.1. The van der Waals surface area contributed by atoms with Gasteiger partial charge in [0.2, 0.25) is 0 Å². The molecule has 1 aromatic carbocycles. The first-order valence-electron chi connectivity index (χ1n) is 3.77. The second kappa shape index (κ2) is 4.06. The van der Waals surface area contributed by atoms with E-state index in [4.69, 9.17) is 18.0 Å². The van der Waals surface area contributed by atoms with Gasteiger partial charge >= 0.3 is 5.97 Å². The molecular formula is C9H9NO3S. The molecule has 0 unspecified atom stereocenters. The maximum atomic E-state index is 11.1. The lowest BCUT2D eigenvalue weighted by Crippen LogP contribution is -2.11. The SMILES string of the molecule is COC(=O)c1cc(C(N)=S)ccc1O. The van der Waals surface area contributed by atoms with E-state index in [-0.39, 0.29) is 16.3 Å². The molecule has 1 aromatic rings. The maximum Gasteiger partial charge on any atom is 0.341 e. The van der Waals surface area contributed by atoms with Gasteiger partial charge in [0.15, 0.2) is 0 Å². The number of esters is 1. The number of carbonyl (C=O) groups is 1. The quantitative estimate of drug-likeness (QED) is 0.559. The Balaban J connectivity index is 3.21. The summed E-state index contributed by atoms with van der Waals surface area (Å²) < 4.78 is 4.47. The largest absolute Gasteiger partial charge is 0.507 e. The summed E-state index contributed by atoms with van der Waals surface area (Å²) in [6, 6.07) is 4.27. The van der Waals surface area contributed by atoms with Crippen LogP contribution >= 0.6 is 12.2 Å². The minimum Gasteiger partial charge on any atom is -0.507 e. The molecule has 0 radical (unpaired) electrons. The summed E-state index contributed by atoms with van der Waals surface area (Å²) in [6.45, 7) is 0. The first-order valence-corrected chi connectivity index (χ1v) is 4.18. The van der Waals surface area contributed by atoms with Crippen molar-refractivity contribution < 1.29 is 14.6 Å². The molecule has 0 saturated heterocycles. The Hall–Kier alpha value is -1.62. The number of methoxy groups -OCH3 is 1. The van der Waals surface area contributed by atoms with Crippen LogP contribution in [0.4, 0.5) is 0 Å². The van der Waals surface area contributed by atoms with Crippen LogP contribution < -0.4 is 5.73 Å². The smallest absolute Gasteiger partial charge is 0.341 e. The van der Waals surface area contributed by atoms with Crippen molar-refractivity contribution in [3.8, 4) is 5.75 Å². The van der Waals surface area contributed by atoms with Gasteiger partial charge in [-0.3, -0.25) is 0 Å². The summed E-state index contributed by atoms with van der Waals surface area (Å²) in [4.78, 5) is 11.3. The average Bonchev–Trinajstić information content (AvgIpc) is 2.17. The van der Waals surface area contributed by atoms with Crippen molar-refractivity contribution >= 4 is 23.2 Å². The summed E-state index contributed by atoms with van der Waals surface area (Å²) >= 11 is 4.73. The lowest BCUT2D eigenvalue weighted by Gasteiger charge is -2.04. The number of nitrogens with two attached hydrogens (primary N) is 1. The topological polar surface area (TPSA) is 72.5 Å². The predicted molar refractivity (Wildman–Crippen MR) is 55.3 cm³/mol. The number of phenols is 1. The standard InChI is InChI=1S/C9H9NO3S/c1-13-9(12)6-4-5(8(10)14)2-3-7(6)11/h2-4,11H,1H3,(H2,10,14). The average molecular weight is 211 g/mol. The number of ether oxygens (including phenoxy) is 1. The van der Waals surface area contributed by atoms with Gasteiger partial charge < -0.3 is 15.6 Å². The van der Waals surface area contributed by atoms with Gasteiger partial charge in [-0.1, -0.05) is 12.2 Å². The second-order valence-corrected chi connectivity index (χ2v) is 3.03. The number of carbonyl (C=O) groups excluding carboxylic acids is 1. The molecule has 0 atom stereocenters. The molecule has 0 saturated carbocycles. The van der Waals surface area contributed by atoms with Crippen LogP contribution in [0.5, 0.6) is 5.75 Å². The third kappa shape index (κ3) is 2.00. The highest BCUT2D eigenvalue weighted by Crippen LogP contribution is 2.19. The predicted octanol–water partition coefficient (Wildman–Crippen LogP) is 0.813. The Labute approximate surface area is 86.3 Å². The minimum atomic E-state index is -0.624. The highest BCUT2D eigenvalue weighted by atomic mass is 32.1. The first kappa shape index (κ1) is 10.5. The fourth-order valence-electron chi connectivity index (χ4n) is 0.963. The Morgan fingerprint density at radius 2 is 2.21 bits per heavy atom. The number of aromatic hydroxyl groups is 1. The molecule has 4 nitrogen and oxygen atoms in total. The summed E-state index contributed by atoms with van der Waals surface area (Å²) in [7, 11) is 1.23. The second-order valence-electron chi connectivity index (χ2n) is 2.59. The molecule has 0 aliphatic heterocycles. The molecule has 1 rings (SSSR count). The third-order valence-electron chi connectivity index (χ3n) is 1.69. The van der Waals surface area contributed by atoms with Crippen LogP contribution in [-0.2, 0) is 4.74 Å². The van der Waals surface area contributed by atoms with Crippen molar-refractivity contribution in [2.45, 2.75) is 0 Å². The molecule has 0 amide bonds. The van der Waals surface area contributed by atoms with Crippen molar-refractivity contribution in [1.82, 2.24) is 0 Å². The number of phenolic OH excluding ortho intramolecular Hbond substituents is 1. The molecule has 0 aliphatic rings. The van der Waals surface area contributed by atoms with Gasteiger partial charge in [0, 0.05) is 5.56 Å². The molecule has 0 heterocycles. The lowest BCUT2D eigenvalue weighted by molar-refractivity contribution is 0.0597. The number of hydrogen-bond acceptors (Lipinski definition) is 4. The minimum absolute atomic E-state index is 0.0535. The van der Waals surface area contributed by atoms with Crippen LogP contribution in [0.2, 0.25) is 0 Å². The van der Waals surface area contributed by atoms with E-state index in [1.54, 1.807) is 0 Å².